The second-order valence-corrected chi connectivity index (χ2v) is 25.8. The molecule has 0 saturated heterocycles. The zero-order valence-corrected chi connectivity index (χ0v) is 39.3. The predicted octanol–water partition coefficient (Wildman–Crippen LogP) is 17.2. The van der Waals surface area contributed by atoms with Gasteiger partial charge in [0.1, 0.15) is 0 Å². The Morgan fingerprint density at radius 2 is 0.831 bits per heavy atom. The number of anilines is 3. The minimum Gasteiger partial charge on any atom is -0.310 e. The molecule has 0 radical (unpaired) electrons. The van der Waals surface area contributed by atoms with E-state index in [1.54, 1.807) is 11.1 Å². The van der Waals surface area contributed by atoms with E-state index < -0.39 is 8.07 Å². The normalized spacial score (nSPS) is 16.7. The Balaban J connectivity index is 0.873. The molecule has 4 aliphatic rings. The third kappa shape index (κ3) is 6.78. The largest absolute Gasteiger partial charge is 0.310 e. The molecule has 2 saturated carbocycles. The van der Waals surface area contributed by atoms with Crippen LogP contribution in [0.15, 0.2) is 170 Å². The molecule has 0 amide bonds. The topological polar surface area (TPSA) is 3.24 Å². The van der Waals surface area contributed by atoms with E-state index in [0.29, 0.717) is 0 Å². The SMILES string of the molecule is C[Si](C)(C)c1ccc2cc(-c3ccc4c(c3)C3(CCCCC3)c3cc(/C=C/c5ccc6c(c5)C5(CCCCC5)c5cc(N(c7ccccc7)c7ccccc7)ccc5-6)ccc3-4)ccc2c1. The van der Waals surface area contributed by atoms with Crippen LogP contribution in [0.3, 0.4) is 0 Å². The fourth-order valence-corrected chi connectivity index (χ4v) is 13.8. The molecular weight excluding hydrogens is 799 g/mol. The van der Waals surface area contributed by atoms with Gasteiger partial charge in [-0.25, -0.2) is 0 Å². The van der Waals surface area contributed by atoms with Crippen molar-refractivity contribution in [2.24, 2.45) is 0 Å². The molecule has 0 heterocycles. The molecule has 0 aromatic heterocycles. The molecule has 0 aliphatic heterocycles. The summed E-state index contributed by atoms with van der Waals surface area (Å²) in [5, 5.41) is 4.22. The highest BCUT2D eigenvalue weighted by atomic mass is 28.3. The molecule has 0 bridgehead atoms. The lowest BCUT2D eigenvalue weighted by Gasteiger charge is -2.37. The number of nitrogens with zero attached hydrogens (tertiary/aromatic N) is 1. The quantitative estimate of drug-likeness (QED) is 0.114. The molecule has 8 aromatic carbocycles. The summed E-state index contributed by atoms with van der Waals surface area (Å²) in [6, 6.07) is 65.4. The van der Waals surface area contributed by atoms with Crippen molar-refractivity contribution in [3.05, 3.63) is 203 Å². The molecule has 2 spiro atoms. The number of fused-ring (bicyclic) bond motifs is 11. The summed E-state index contributed by atoms with van der Waals surface area (Å²) in [5.41, 5.74) is 20.8. The van der Waals surface area contributed by atoms with Gasteiger partial charge in [0.2, 0.25) is 0 Å². The Labute approximate surface area is 387 Å². The summed E-state index contributed by atoms with van der Waals surface area (Å²) in [6.07, 6.45) is 17.4. The number of hydrogen-bond acceptors (Lipinski definition) is 1. The first kappa shape index (κ1) is 40.3. The lowest BCUT2D eigenvalue weighted by Crippen LogP contribution is -2.37. The van der Waals surface area contributed by atoms with Gasteiger partial charge < -0.3 is 4.90 Å². The van der Waals surface area contributed by atoms with E-state index in [9.17, 15) is 0 Å². The Kier molecular flexibility index (Phi) is 9.76. The van der Waals surface area contributed by atoms with Crippen molar-refractivity contribution in [2.45, 2.75) is 94.7 Å². The van der Waals surface area contributed by atoms with Crippen LogP contribution in [-0.4, -0.2) is 8.07 Å². The Morgan fingerprint density at radius 1 is 0.385 bits per heavy atom. The first-order valence-corrected chi connectivity index (χ1v) is 28.0. The van der Waals surface area contributed by atoms with Crippen molar-refractivity contribution in [1.29, 1.82) is 0 Å². The average molecular weight is 858 g/mol. The molecule has 12 rings (SSSR count). The van der Waals surface area contributed by atoms with Crippen LogP contribution in [0, 0.1) is 0 Å². The third-order valence-corrected chi connectivity index (χ3v) is 18.0. The summed E-state index contributed by atoms with van der Waals surface area (Å²) in [6.45, 7) is 7.31. The summed E-state index contributed by atoms with van der Waals surface area (Å²) < 4.78 is 0. The first-order valence-electron chi connectivity index (χ1n) is 24.5. The smallest absolute Gasteiger partial charge is 0.0776 e. The van der Waals surface area contributed by atoms with Crippen LogP contribution < -0.4 is 10.1 Å². The van der Waals surface area contributed by atoms with Crippen LogP contribution in [0.4, 0.5) is 17.1 Å². The molecular formula is C63H59NSi. The number of benzene rings is 8. The first-order chi connectivity index (χ1) is 31.8. The van der Waals surface area contributed by atoms with Crippen molar-refractivity contribution in [3.63, 3.8) is 0 Å². The summed E-state index contributed by atoms with van der Waals surface area (Å²) in [7, 11) is -1.37. The fraction of sp³-hybridized carbons (Fsp3) is 0.238. The maximum absolute atomic E-state index is 2.57. The van der Waals surface area contributed by atoms with Crippen LogP contribution in [0.2, 0.25) is 19.6 Å². The zero-order valence-electron chi connectivity index (χ0n) is 38.3. The minimum absolute atomic E-state index is 0.0391. The Hall–Kier alpha value is -6.22. The lowest BCUT2D eigenvalue weighted by molar-refractivity contribution is 0.353. The molecule has 1 nitrogen and oxygen atoms in total. The molecule has 4 aliphatic carbocycles. The summed E-state index contributed by atoms with van der Waals surface area (Å²) in [4.78, 5) is 2.42. The monoisotopic (exact) mass is 857 g/mol. The minimum atomic E-state index is -1.37. The van der Waals surface area contributed by atoms with Crippen LogP contribution in [0.1, 0.15) is 97.6 Å². The van der Waals surface area contributed by atoms with Gasteiger partial charge in [-0.1, -0.05) is 197 Å². The highest BCUT2D eigenvalue weighted by Gasteiger charge is 2.45. The van der Waals surface area contributed by atoms with Gasteiger partial charge in [-0.2, -0.15) is 0 Å². The van der Waals surface area contributed by atoms with E-state index >= 15 is 0 Å². The highest BCUT2D eigenvalue weighted by molar-refractivity contribution is 6.88. The predicted molar refractivity (Wildman–Crippen MR) is 281 cm³/mol. The van der Waals surface area contributed by atoms with Gasteiger partial charge in [0, 0.05) is 27.9 Å². The highest BCUT2D eigenvalue weighted by Crippen LogP contribution is 2.58. The third-order valence-electron chi connectivity index (χ3n) is 16.0. The van der Waals surface area contributed by atoms with Crippen molar-refractivity contribution in [3.8, 4) is 33.4 Å². The molecule has 2 heteroatoms. The van der Waals surface area contributed by atoms with E-state index in [-0.39, 0.29) is 10.8 Å². The van der Waals surface area contributed by atoms with Gasteiger partial charge >= 0.3 is 0 Å². The molecule has 0 unspecified atom stereocenters. The molecule has 0 atom stereocenters. The van der Waals surface area contributed by atoms with Gasteiger partial charge in [-0.3, -0.25) is 0 Å². The van der Waals surface area contributed by atoms with Gasteiger partial charge in [0.05, 0.1) is 8.07 Å². The van der Waals surface area contributed by atoms with Gasteiger partial charge in [-0.15, -0.1) is 0 Å². The van der Waals surface area contributed by atoms with Crippen LogP contribution in [0.5, 0.6) is 0 Å². The number of rotatable bonds is 7. The zero-order chi connectivity index (χ0) is 43.8. The van der Waals surface area contributed by atoms with Crippen molar-refractivity contribution >= 4 is 53.2 Å². The van der Waals surface area contributed by atoms with E-state index in [1.807, 2.05) is 0 Å². The van der Waals surface area contributed by atoms with Crippen LogP contribution in [-0.2, 0) is 10.8 Å². The second kappa shape index (κ2) is 15.7. The molecule has 65 heavy (non-hydrogen) atoms. The Bertz CT molecular complexity index is 3100. The lowest BCUT2D eigenvalue weighted by atomic mass is 9.67. The number of para-hydroxylation sites is 2. The number of hydrogen-bond donors (Lipinski definition) is 0. The molecule has 0 N–H and O–H groups in total. The maximum atomic E-state index is 2.57. The maximum Gasteiger partial charge on any atom is 0.0776 e. The van der Waals surface area contributed by atoms with E-state index in [4.69, 9.17) is 0 Å². The van der Waals surface area contributed by atoms with Crippen LogP contribution >= 0.6 is 0 Å². The average Bonchev–Trinajstić information content (AvgIpc) is 3.75. The second-order valence-electron chi connectivity index (χ2n) is 20.8. The molecule has 2 fully saturated rings. The fourth-order valence-electron chi connectivity index (χ4n) is 12.6. The molecule has 320 valence electrons. The Morgan fingerprint density at radius 3 is 1.38 bits per heavy atom. The summed E-state index contributed by atoms with van der Waals surface area (Å²) >= 11 is 0. The van der Waals surface area contributed by atoms with E-state index in [0.717, 1.165) is 0 Å². The van der Waals surface area contributed by atoms with Gasteiger partial charge in [0.25, 0.3) is 0 Å². The standard InChI is InChI=1S/C63H59NSi/c1-65(2,3)53-29-26-47-40-46(24-25-48(47)41-53)49-27-32-56-54-30-22-44(38-58(54)62(60(56)42-49)34-12-6-13-35-62)20-21-45-23-31-55-57-33-28-52(43-61(57)63(59(55)39-45)36-14-7-15-37-63)64(50-16-8-4-9-17-50)51-18-10-5-11-19-51/h4-5,8-11,16-33,38-43H,6-7,12-15,34-37H2,1-3H3/b21-20+. The molecule has 8 aromatic rings. The van der Waals surface area contributed by atoms with Gasteiger partial charge in [0.15, 0.2) is 0 Å². The van der Waals surface area contributed by atoms with Crippen LogP contribution in [0.25, 0.3) is 56.3 Å². The van der Waals surface area contributed by atoms with E-state index in [2.05, 4.69) is 207 Å². The summed E-state index contributed by atoms with van der Waals surface area (Å²) in [5.74, 6) is 0. The van der Waals surface area contributed by atoms with Crippen molar-refractivity contribution in [2.75, 3.05) is 4.90 Å². The van der Waals surface area contributed by atoms with Crippen molar-refractivity contribution in [1.82, 2.24) is 0 Å². The van der Waals surface area contributed by atoms with E-state index in [1.165, 1.54) is 153 Å². The van der Waals surface area contributed by atoms with Gasteiger partial charge in [-0.05, 0) is 152 Å². The van der Waals surface area contributed by atoms with Crippen molar-refractivity contribution < 1.29 is 0 Å².